The summed E-state index contributed by atoms with van der Waals surface area (Å²) in [6.07, 6.45) is -11.2. The zero-order valence-corrected chi connectivity index (χ0v) is 63.5. The van der Waals surface area contributed by atoms with Crippen molar-refractivity contribution in [3.63, 3.8) is 0 Å². The molecule has 7 aromatic carbocycles. The number of nitrogen functional groups attached to an aromatic ring is 1. The third-order valence-corrected chi connectivity index (χ3v) is 19.7. The molecule has 2 aliphatic heterocycles. The number of aliphatic carboxylic acids is 1. The van der Waals surface area contributed by atoms with E-state index in [-0.39, 0.29) is 56.0 Å². The number of ether oxygens (including phenoxy) is 1. The molecule has 2 aliphatic rings. The van der Waals surface area contributed by atoms with Crippen molar-refractivity contribution in [1.82, 2.24) is 49.9 Å². The number of amides is 2. The van der Waals surface area contributed by atoms with Crippen molar-refractivity contribution in [2.45, 2.75) is 80.0 Å². The minimum Gasteiger partial charge on any atom is -0.508 e. The Labute approximate surface area is 663 Å². The van der Waals surface area contributed by atoms with Gasteiger partial charge in [0.05, 0.1) is 97.7 Å². The summed E-state index contributed by atoms with van der Waals surface area (Å²) in [4.78, 5) is 67.9. The number of carbonyl (C=O) groups is 3. The van der Waals surface area contributed by atoms with Gasteiger partial charge in [-0.1, -0.05) is 56.1 Å². The number of nitrogens with zero attached hydrogens (tertiary/aromatic N) is 11. The summed E-state index contributed by atoms with van der Waals surface area (Å²) in [5, 5.41) is 107. The Morgan fingerprint density at radius 1 is 0.560 bits per heavy atom. The molecule has 116 heavy (non-hydrogen) atoms. The SMILES string of the molecule is C[C@](O)(CBr)C(=O)Nc1ccc(C#N)c(C(F)(F)F)c1.C[C@](O)(CBr)C(=O)O.Cn1ncnc1[C@H]1c2n[nH]c(=O)c3cc(F)cc(c23)N[C@@H]1c1ccc(O)cc1.Cn1ncnc1[C@H]1c2n[nH]c(=O)c3cc(F)cc(c23)N[C@@H]1c1ccc(OC[C@](C)(O)C(=O)Nc2ccc(C#N)c(C(F)(F)F)c2)cc1.N#Cc1ccc(N)cc1C(F)(F)F. The van der Waals surface area contributed by atoms with Crippen molar-refractivity contribution in [1.29, 1.82) is 15.8 Å². The number of aromatic hydroxyl groups is 1. The predicted octanol–water partition coefficient (Wildman–Crippen LogP) is 11.4. The number of aliphatic hydroxyl groups is 3. The standard InChI is InChI=1S/C31H24F4N8O4.C19H15FN6O2.C12H10BrF3N2O2.C8H5F3N2.C4H7BrO3/c1-30(46,29(45)39-18-6-3-16(12-36)21(11-18)31(33,34)35)13-47-19-7-4-15(5-8-19)25-24(27-37-14-38-43(27)2)26-23-20(28(44)42-41-26)9-17(32)10-22(23)40-25;1-26-18(21-8-22-26)15-16(9-2-4-11(27)5-3-9)23-13-7-10(20)6-12-14(13)17(15)24-25-19(12)28;1-11(20,6-13)10(19)18-8-3-2-7(5-17)9(4-8)12(14,15)16;9-8(10,11)7-3-6(13)2-1-5(7)4-12;1-4(8,2-5)3(6)7/h3-11,14,24-25,40,46H,13H2,1-2H3,(H,39,45)(H,42,44);2-8,15-16,23,27H,1H3,(H,25,28);2-4,20H,6H2,1H3,(H,18,19);1-3H,13H2;8H,2H2,1H3,(H,6,7)/t24-,25-,30+;15-,16-;11-;;4-/m110.0/s1. The lowest BCUT2D eigenvalue weighted by Crippen LogP contribution is -2.45. The molecule has 2 amide bonds. The third-order valence-electron chi connectivity index (χ3n) is 17.5. The maximum Gasteiger partial charge on any atom is 0.417 e. The average molecular weight is 1750 g/mol. The molecule has 13 N–H and O–H groups in total. The van der Waals surface area contributed by atoms with Gasteiger partial charge in [-0.25, -0.2) is 33.7 Å². The molecule has 0 aliphatic carbocycles. The van der Waals surface area contributed by atoms with E-state index in [1.807, 2.05) is 0 Å². The molecule has 29 nitrogen and oxygen atoms in total. The van der Waals surface area contributed by atoms with Crippen LogP contribution in [-0.2, 0) is 47.0 Å². The Balaban J connectivity index is 0.000000188. The molecule has 0 saturated carbocycles. The fraction of sp³-hybridized carbons (Fsp3) is 0.243. The van der Waals surface area contributed by atoms with E-state index in [1.54, 1.807) is 72.0 Å². The number of rotatable bonds is 14. The molecule has 11 aromatic rings. The fourth-order valence-corrected chi connectivity index (χ4v) is 12.0. The van der Waals surface area contributed by atoms with Gasteiger partial charge in [0.2, 0.25) is 0 Å². The second-order valence-electron chi connectivity index (χ2n) is 26.2. The van der Waals surface area contributed by atoms with Crippen molar-refractivity contribution in [2.24, 2.45) is 14.1 Å². The normalized spacial score (nSPS) is 16.2. The highest BCUT2D eigenvalue weighted by Gasteiger charge is 2.42. The second-order valence-corrected chi connectivity index (χ2v) is 27.3. The number of nitrogens with two attached hydrogens (primary N) is 1. The molecule has 604 valence electrons. The van der Waals surface area contributed by atoms with Crippen molar-refractivity contribution >= 4 is 99.6 Å². The number of aryl methyl sites for hydroxylation is 2. The Hall–Kier alpha value is -13.0. The van der Waals surface area contributed by atoms with E-state index in [0.717, 1.165) is 55.0 Å². The number of carboxylic acids is 1. The van der Waals surface area contributed by atoms with Crippen molar-refractivity contribution in [2.75, 3.05) is 44.3 Å². The van der Waals surface area contributed by atoms with Crippen LogP contribution < -0.4 is 42.9 Å². The zero-order chi connectivity index (χ0) is 85.5. The number of nitrogens with one attached hydrogen (secondary N) is 6. The molecule has 4 aromatic heterocycles. The number of phenolic OH excluding ortho intramolecular Hbond substituents is 1. The van der Waals surface area contributed by atoms with Crippen LogP contribution in [0.5, 0.6) is 11.5 Å². The summed E-state index contributed by atoms with van der Waals surface area (Å²) >= 11 is 5.76. The summed E-state index contributed by atoms with van der Waals surface area (Å²) in [6, 6.07) is 30.2. The summed E-state index contributed by atoms with van der Waals surface area (Å²) in [7, 11) is 3.48. The maximum absolute atomic E-state index is 14.5. The maximum atomic E-state index is 14.5. The first-order valence-corrected chi connectivity index (χ1v) is 35.5. The van der Waals surface area contributed by atoms with E-state index < -0.39 is 134 Å². The highest BCUT2D eigenvalue weighted by atomic mass is 79.9. The molecule has 7 atom stereocenters. The van der Waals surface area contributed by atoms with Gasteiger partial charge in [0, 0.05) is 64.0 Å². The second kappa shape index (κ2) is 34.8. The molecule has 0 saturated heterocycles. The summed E-state index contributed by atoms with van der Waals surface area (Å²) in [5.41, 5.74) is -3.30. The minimum atomic E-state index is -4.83. The van der Waals surface area contributed by atoms with E-state index in [0.29, 0.717) is 62.9 Å². The number of H-pyrrole nitrogens is 2. The lowest BCUT2D eigenvalue weighted by atomic mass is 9.83. The van der Waals surface area contributed by atoms with Gasteiger partial charge < -0.3 is 57.3 Å². The first kappa shape index (κ1) is 87.0. The van der Waals surface area contributed by atoms with Gasteiger partial charge in [-0.3, -0.25) is 28.5 Å². The van der Waals surface area contributed by atoms with Crippen molar-refractivity contribution < 1.29 is 92.9 Å². The van der Waals surface area contributed by atoms with Crippen LogP contribution in [0, 0.1) is 45.6 Å². The summed E-state index contributed by atoms with van der Waals surface area (Å²) in [5.74, 6) is -3.64. The zero-order valence-electron chi connectivity index (χ0n) is 60.3. The number of alkyl halides is 11. The molecular weight excluding hydrogens is 1690 g/mol. The number of benzene rings is 7. The first-order valence-electron chi connectivity index (χ1n) is 33.3. The van der Waals surface area contributed by atoms with Gasteiger partial charge in [-0.15, -0.1) is 0 Å². The molecule has 0 radical (unpaired) electrons. The summed E-state index contributed by atoms with van der Waals surface area (Å²) < 4.78 is 152. The molecule has 0 fully saturated rings. The average Bonchev–Trinajstić information content (AvgIpc) is 1.06. The third kappa shape index (κ3) is 19.8. The molecule has 0 spiro atoms. The number of carboxylic acid groups (broad SMARTS) is 1. The van der Waals surface area contributed by atoms with E-state index in [2.05, 4.69) is 93.7 Å². The van der Waals surface area contributed by atoms with Gasteiger partial charge in [-0.05, 0) is 135 Å². The smallest absolute Gasteiger partial charge is 0.417 e. The lowest BCUT2D eigenvalue weighted by Gasteiger charge is -2.33. The number of anilines is 5. The lowest BCUT2D eigenvalue weighted by molar-refractivity contribution is -0.154. The molecule has 6 heterocycles. The molecule has 0 bridgehead atoms. The van der Waals surface area contributed by atoms with E-state index in [4.69, 9.17) is 36.5 Å². The Morgan fingerprint density at radius 3 is 1.29 bits per heavy atom. The van der Waals surface area contributed by atoms with Crippen LogP contribution in [0.1, 0.15) is 112 Å². The largest absolute Gasteiger partial charge is 0.508 e. The number of hydrogen-bond acceptors (Lipinski definition) is 22. The van der Waals surface area contributed by atoms with Gasteiger partial charge >= 0.3 is 24.5 Å². The van der Waals surface area contributed by atoms with Gasteiger partial charge in [-0.2, -0.15) is 75.7 Å². The number of halogens is 13. The van der Waals surface area contributed by atoms with Gasteiger partial charge in [0.15, 0.2) is 11.2 Å². The van der Waals surface area contributed by atoms with E-state index in [1.165, 1.54) is 69.0 Å². The number of phenols is 1. The van der Waals surface area contributed by atoms with Gasteiger partial charge in [0.1, 0.15) is 59.6 Å². The number of hydrogen-bond donors (Lipinski definition) is 12. The first-order chi connectivity index (χ1) is 54.4. The Bertz CT molecular complexity index is 5800. The molecule has 0 unspecified atom stereocenters. The molecule has 13 rings (SSSR count). The van der Waals surface area contributed by atoms with Crippen LogP contribution >= 0.6 is 31.9 Å². The number of aromatic amines is 2. The van der Waals surface area contributed by atoms with Crippen molar-refractivity contribution in [3.8, 4) is 29.7 Å². The van der Waals surface area contributed by atoms with Crippen molar-refractivity contribution in [3.05, 3.63) is 240 Å². The van der Waals surface area contributed by atoms with E-state index in [9.17, 15) is 87.6 Å². The van der Waals surface area contributed by atoms with Crippen LogP contribution in [0.15, 0.2) is 150 Å². The topological polar surface area (TPSA) is 460 Å². The number of carbonyl (C=O) groups excluding carboxylic acids is 2. The van der Waals surface area contributed by atoms with Gasteiger partial charge in [0.25, 0.3) is 22.9 Å². The molecular formula is C74H61Br2F11N18O11. The predicted molar refractivity (Wildman–Crippen MR) is 400 cm³/mol. The number of nitriles is 3. The van der Waals surface area contributed by atoms with Crippen LogP contribution in [0.25, 0.3) is 21.5 Å². The Kier molecular flexibility index (Phi) is 26.1. The van der Waals surface area contributed by atoms with Crippen LogP contribution in [-0.4, -0.2) is 127 Å². The Morgan fingerprint density at radius 2 is 0.940 bits per heavy atom. The number of aromatic nitrogens is 10. The monoisotopic (exact) mass is 1740 g/mol. The van der Waals surface area contributed by atoms with Crippen LogP contribution in [0.3, 0.4) is 0 Å². The molecule has 42 heteroatoms. The summed E-state index contributed by atoms with van der Waals surface area (Å²) in [6.45, 7) is 3.02. The quantitative estimate of drug-likeness (QED) is 0.0273. The minimum absolute atomic E-state index is 0.00803. The van der Waals surface area contributed by atoms with Crippen LogP contribution in [0.4, 0.5) is 76.7 Å². The van der Waals surface area contributed by atoms with Crippen LogP contribution in [0.2, 0.25) is 0 Å². The highest BCUT2D eigenvalue weighted by Crippen LogP contribution is 2.49. The fourth-order valence-electron chi connectivity index (χ4n) is 11.5. The van der Waals surface area contributed by atoms with E-state index >= 15 is 0 Å². The highest BCUT2D eigenvalue weighted by molar-refractivity contribution is 9.09.